The van der Waals surface area contributed by atoms with E-state index in [1.54, 1.807) is 24.3 Å². The minimum absolute atomic E-state index is 0.0898. The summed E-state index contributed by atoms with van der Waals surface area (Å²) in [5.74, 6) is -1.16. The maximum atomic E-state index is 12.9. The highest BCUT2D eigenvalue weighted by atomic mass is 35.5. The summed E-state index contributed by atoms with van der Waals surface area (Å²) >= 11 is 5.77. The summed E-state index contributed by atoms with van der Waals surface area (Å²) in [6.07, 6.45) is 0. The summed E-state index contributed by atoms with van der Waals surface area (Å²) in [5, 5.41) is 1.87. The molecule has 1 amide bonds. The van der Waals surface area contributed by atoms with Crippen molar-refractivity contribution in [3.05, 3.63) is 64.9 Å². The zero-order chi connectivity index (χ0) is 17.0. The van der Waals surface area contributed by atoms with E-state index in [0.717, 1.165) is 29.8 Å². The molecule has 0 saturated carbocycles. The van der Waals surface area contributed by atoms with Crippen LogP contribution in [0.1, 0.15) is 12.5 Å². The Kier molecular flexibility index (Phi) is 5.38. The molecule has 0 spiro atoms. The number of sulfone groups is 1. The molecule has 122 valence electrons. The number of nitrogens with one attached hydrogen (secondary N) is 1. The lowest BCUT2D eigenvalue weighted by atomic mass is 10.2. The summed E-state index contributed by atoms with van der Waals surface area (Å²) in [4.78, 5) is 12.0. The van der Waals surface area contributed by atoms with Gasteiger partial charge in [0.2, 0.25) is 5.91 Å². The first-order valence-electron chi connectivity index (χ1n) is 6.82. The smallest absolute Gasteiger partial charge is 0.238 e. The molecule has 1 atom stereocenters. The van der Waals surface area contributed by atoms with Crippen LogP contribution in [0.4, 0.5) is 4.39 Å². The van der Waals surface area contributed by atoms with Crippen molar-refractivity contribution >= 4 is 27.3 Å². The van der Waals surface area contributed by atoms with Gasteiger partial charge in [0.1, 0.15) is 11.1 Å². The third kappa shape index (κ3) is 4.30. The molecule has 4 nitrogen and oxygen atoms in total. The second-order valence-corrected chi connectivity index (χ2v) is 7.69. The van der Waals surface area contributed by atoms with E-state index in [-0.39, 0.29) is 11.4 Å². The number of amides is 1. The number of halogens is 2. The molecule has 2 rings (SSSR count). The molecular formula is C16H15ClFNO3S. The molecule has 0 fully saturated rings. The number of rotatable bonds is 5. The first-order chi connectivity index (χ1) is 10.8. The maximum Gasteiger partial charge on any atom is 0.238 e. The van der Waals surface area contributed by atoms with Crippen LogP contribution >= 0.6 is 11.6 Å². The SMILES string of the molecule is CC(C(=O)NCc1ccc(Cl)cc1)S(=O)(=O)c1ccc(F)cc1. The third-order valence-electron chi connectivity index (χ3n) is 3.36. The second-order valence-electron chi connectivity index (χ2n) is 4.99. The van der Waals surface area contributed by atoms with Crippen molar-refractivity contribution in [3.8, 4) is 0 Å². The molecule has 2 aromatic carbocycles. The van der Waals surface area contributed by atoms with Gasteiger partial charge in [-0.1, -0.05) is 23.7 Å². The summed E-state index contributed by atoms with van der Waals surface area (Å²) < 4.78 is 37.6. The van der Waals surface area contributed by atoms with Crippen LogP contribution in [-0.2, 0) is 21.2 Å². The summed E-state index contributed by atoms with van der Waals surface area (Å²) in [6.45, 7) is 1.50. The normalized spacial score (nSPS) is 12.7. The van der Waals surface area contributed by atoms with Crippen molar-refractivity contribution in [2.75, 3.05) is 0 Å². The van der Waals surface area contributed by atoms with Crippen molar-refractivity contribution in [3.63, 3.8) is 0 Å². The van der Waals surface area contributed by atoms with Crippen LogP contribution in [0.2, 0.25) is 5.02 Å². The van der Waals surface area contributed by atoms with Gasteiger partial charge in [0, 0.05) is 11.6 Å². The largest absolute Gasteiger partial charge is 0.351 e. The van der Waals surface area contributed by atoms with Crippen molar-refractivity contribution in [2.24, 2.45) is 0 Å². The predicted molar refractivity (Wildman–Crippen MR) is 86.3 cm³/mol. The van der Waals surface area contributed by atoms with E-state index in [2.05, 4.69) is 5.32 Å². The average molecular weight is 356 g/mol. The first-order valence-corrected chi connectivity index (χ1v) is 8.75. The van der Waals surface area contributed by atoms with Crippen LogP contribution in [0, 0.1) is 5.82 Å². The quantitative estimate of drug-likeness (QED) is 0.839. The van der Waals surface area contributed by atoms with E-state index >= 15 is 0 Å². The Morgan fingerprint density at radius 1 is 1.13 bits per heavy atom. The molecule has 0 bridgehead atoms. The Bertz CT molecular complexity index is 789. The van der Waals surface area contributed by atoms with Crippen LogP contribution in [0.5, 0.6) is 0 Å². The zero-order valence-corrected chi connectivity index (χ0v) is 13.9. The average Bonchev–Trinajstić information content (AvgIpc) is 2.53. The van der Waals surface area contributed by atoms with Crippen molar-refractivity contribution < 1.29 is 17.6 Å². The Labute approximate surface area is 139 Å². The lowest BCUT2D eigenvalue weighted by Gasteiger charge is -2.13. The number of hydrogen-bond acceptors (Lipinski definition) is 3. The van der Waals surface area contributed by atoms with Crippen molar-refractivity contribution in [1.82, 2.24) is 5.32 Å². The Morgan fingerprint density at radius 2 is 1.70 bits per heavy atom. The molecular weight excluding hydrogens is 341 g/mol. The van der Waals surface area contributed by atoms with Crippen LogP contribution in [-0.4, -0.2) is 19.6 Å². The molecule has 1 N–H and O–H groups in total. The Morgan fingerprint density at radius 3 is 2.26 bits per heavy atom. The molecule has 7 heteroatoms. The van der Waals surface area contributed by atoms with Gasteiger partial charge in [0.15, 0.2) is 9.84 Å². The monoisotopic (exact) mass is 355 g/mol. The molecule has 0 aliphatic carbocycles. The number of benzene rings is 2. The van der Waals surface area contributed by atoms with Gasteiger partial charge in [-0.25, -0.2) is 12.8 Å². The van der Waals surface area contributed by atoms with Crippen molar-refractivity contribution in [1.29, 1.82) is 0 Å². The van der Waals surface area contributed by atoms with Crippen LogP contribution < -0.4 is 5.32 Å². The van der Waals surface area contributed by atoms with Gasteiger partial charge in [0.05, 0.1) is 4.90 Å². The fourth-order valence-corrected chi connectivity index (χ4v) is 3.32. The van der Waals surface area contributed by atoms with Crippen LogP contribution in [0.25, 0.3) is 0 Å². The first kappa shape index (κ1) is 17.4. The second kappa shape index (κ2) is 7.10. The van der Waals surface area contributed by atoms with Crippen molar-refractivity contribution in [2.45, 2.75) is 23.6 Å². The zero-order valence-electron chi connectivity index (χ0n) is 12.3. The number of carbonyl (C=O) groups is 1. The Hall–Kier alpha value is -1.92. The fraction of sp³-hybridized carbons (Fsp3) is 0.188. The molecule has 0 aromatic heterocycles. The third-order valence-corrected chi connectivity index (χ3v) is 5.68. The molecule has 0 heterocycles. The van der Waals surface area contributed by atoms with E-state index in [1.807, 2.05) is 0 Å². The molecule has 0 saturated heterocycles. The van der Waals surface area contributed by atoms with Crippen LogP contribution in [0.3, 0.4) is 0 Å². The predicted octanol–water partition coefficient (Wildman–Crippen LogP) is 2.96. The lowest BCUT2D eigenvalue weighted by molar-refractivity contribution is -0.120. The minimum atomic E-state index is -3.87. The summed E-state index contributed by atoms with van der Waals surface area (Å²) in [7, 11) is -3.87. The Balaban J connectivity index is 2.06. The standard InChI is InChI=1S/C16H15ClFNO3S/c1-11(23(21,22)15-8-6-14(18)7-9-15)16(20)19-10-12-2-4-13(17)5-3-12/h2-9,11H,10H2,1H3,(H,19,20). The van der Waals surface area contributed by atoms with E-state index in [1.165, 1.54) is 6.92 Å². The van der Waals surface area contributed by atoms with Gasteiger partial charge in [-0.15, -0.1) is 0 Å². The molecule has 0 radical (unpaired) electrons. The lowest BCUT2D eigenvalue weighted by Crippen LogP contribution is -2.37. The van der Waals surface area contributed by atoms with Crippen LogP contribution in [0.15, 0.2) is 53.4 Å². The van der Waals surface area contributed by atoms with Gasteiger partial charge in [-0.05, 0) is 48.9 Å². The van der Waals surface area contributed by atoms with Gasteiger partial charge >= 0.3 is 0 Å². The minimum Gasteiger partial charge on any atom is -0.351 e. The molecule has 2 aromatic rings. The van der Waals surface area contributed by atoms with E-state index < -0.39 is 26.8 Å². The number of hydrogen-bond donors (Lipinski definition) is 1. The van der Waals surface area contributed by atoms with Gasteiger partial charge in [-0.3, -0.25) is 4.79 Å². The molecule has 23 heavy (non-hydrogen) atoms. The molecule has 0 aliphatic heterocycles. The van der Waals surface area contributed by atoms with Gasteiger partial charge in [0.25, 0.3) is 0 Å². The maximum absolute atomic E-state index is 12.9. The highest BCUT2D eigenvalue weighted by molar-refractivity contribution is 7.92. The topological polar surface area (TPSA) is 63.2 Å². The summed E-state index contributed by atoms with van der Waals surface area (Å²) in [6, 6.07) is 11.2. The number of carbonyl (C=O) groups excluding carboxylic acids is 1. The molecule has 0 aliphatic rings. The summed E-state index contributed by atoms with van der Waals surface area (Å²) in [5.41, 5.74) is 0.800. The highest BCUT2D eigenvalue weighted by Gasteiger charge is 2.29. The molecule has 1 unspecified atom stereocenters. The highest BCUT2D eigenvalue weighted by Crippen LogP contribution is 2.17. The van der Waals surface area contributed by atoms with Gasteiger partial charge < -0.3 is 5.32 Å². The van der Waals surface area contributed by atoms with E-state index in [9.17, 15) is 17.6 Å². The van der Waals surface area contributed by atoms with E-state index in [0.29, 0.717) is 5.02 Å². The van der Waals surface area contributed by atoms with Gasteiger partial charge in [-0.2, -0.15) is 0 Å². The van der Waals surface area contributed by atoms with E-state index in [4.69, 9.17) is 11.6 Å². The fourth-order valence-electron chi connectivity index (χ4n) is 1.90.